The second kappa shape index (κ2) is 5.57. The van der Waals surface area contributed by atoms with Crippen LogP contribution in [0, 0.1) is 0 Å². The summed E-state index contributed by atoms with van der Waals surface area (Å²) in [6.07, 6.45) is 2.64. The molecule has 0 saturated carbocycles. The van der Waals surface area contributed by atoms with Crippen LogP contribution in [-0.4, -0.2) is 15.6 Å². The van der Waals surface area contributed by atoms with E-state index in [0.717, 1.165) is 17.0 Å². The number of aliphatic carboxylic acids is 1. The molecule has 2 rings (SSSR count). The Hall–Kier alpha value is -2.29. The number of para-hydroxylation sites is 1. The lowest BCUT2D eigenvalue weighted by Crippen LogP contribution is -2.04. The fraction of sp³-hybridized carbons (Fsp3) is 0.188. The molecule has 0 aliphatic heterocycles. The van der Waals surface area contributed by atoms with Gasteiger partial charge in [-0.25, -0.2) is 4.79 Å². The summed E-state index contributed by atoms with van der Waals surface area (Å²) in [7, 11) is 0. The predicted molar refractivity (Wildman–Crippen MR) is 76.3 cm³/mol. The lowest BCUT2D eigenvalue weighted by Gasteiger charge is -2.13. The summed E-state index contributed by atoms with van der Waals surface area (Å²) in [4.78, 5) is 11.2. The number of nitrogens with zero attached hydrogens (tertiary/aromatic N) is 1. The van der Waals surface area contributed by atoms with Crippen molar-refractivity contribution >= 4 is 11.5 Å². The molecule has 0 saturated heterocycles. The average Bonchev–Trinajstić information content (AvgIpc) is 2.89. The highest BCUT2D eigenvalue weighted by atomic mass is 16.4. The number of rotatable bonds is 4. The molecule has 0 spiro atoms. The summed E-state index contributed by atoms with van der Waals surface area (Å²) in [6.45, 7) is 3.63. The zero-order valence-corrected chi connectivity index (χ0v) is 11.1. The Balaban J connectivity index is 2.56. The first kappa shape index (κ1) is 13.1. The number of carboxylic acids is 1. The highest BCUT2D eigenvalue weighted by Crippen LogP contribution is 2.25. The number of carboxylic acid groups (broad SMARTS) is 1. The maximum absolute atomic E-state index is 11.2. The molecule has 0 aliphatic rings. The van der Waals surface area contributed by atoms with Gasteiger partial charge in [-0.05, 0) is 43.2 Å². The van der Waals surface area contributed by atoms with Crippen molar-refractivity contribution in [1.82, 2.24) is 4.57 Å². The molecule has 3 nitrogen and oxygen atoms in total. The van der Waals surface area contributed by atoms with Crippen LogP contribution in [0.15, 0.2) is 54.2 Å². The van der Waals surface area contributed by atoms with E-state index in [0.29, 0.717) is 12.0 Å². The molecule has 0 radical (unpaired) electrons. The number of aromatic nitrogens is 1. The molecular weight excluding hydrogens is 238 g/mol. The van der Waals surface area contributed by atoms with E-state index in [9.17, 15) is 9.90 Å². The van der Waals surface area contributed by atoms with Crippen LogP contribution in [0.4, 0.5) is 0 Å². The van der Waals surface area contributed by atoms with E-state index in [4.69, 9.17) is 0 Å². The van der Waals surface area contributed by atoms with Gasteiger partial charge in [0.1, 0.15) is 0 Å². The molecule has 19 heavy (non-hydrogen) atoms. The van der Waals surface area contributed by atoms with E-state index in [2.05, 4.69) is 0 Å². The van der Waals surface area contributed by atoms with Gasteiger partial charge in [0, 0.05) is 23.2 Å². The molecule has 0 bridgehead atoms. The van der Waals surface area contributed by atoms with Crippen molar-refractivity contribution in [3.63, 3.8) is 0 Å². The van der Waals surface area contributed by atoms with Gasteiger partial charge in [-0.3, -0.25) is 0 Å². The predicted octanol–water partition coefficient (Wildman–Crippen LogP) is 3.75. The largest absolute Gasteiger partial charge is 0.478 e. The van der Waals surface area contributed by atoms with Gasteiger partial charge in [-0.1, -0.05) is 25.1 Å². The fourth-order valence-corrected chi connectivity index (χ4v) is 2.21. The smallest absolute Gasteiger partial charge is 0.331 e. The molecule has 0 atom stereocenters. The molecule has 0 fully saturated rings. The first-order valence-corrected chi connectivity index (χ1v) is 6.31. The van der Waals surface area contributed by atoms with E-state index in [-0.39, 0.29) is 0 Å². The summed E-state index contributed by atoms with van der Waals surface area (Å²) >= 11 is 0. The molecule has 0 aliphatic carbocycles. The summed E-state index contributed by atoms with van der Waals surface area (Å²) in [5.41, 5.74) is 3.24. The minimum Gasteiger partial charge on any atom is -0.478 e. The highest BCUT2D eigenvalue weighted by Gasteiger charge is 2.13. The summed E-state index contributed by atoms with van der Waals surface area (Å²) in [5, 5.41) is 9.18. The van der Waals surface area contributed by atoms with Crippen molar-refractivity contribution in [2.45, 2.75) is 20.3 Å². The number of hydrogen-bond donors (Lipinski definition) is 1. The molecule has 1 heterocycles. The van der Waals surface area contributed by atoms with Crippen LogP contribution >= 0.6 is 0 Å². The second-order valence-corrected chi connectivity index (χ2v) is 4.36. The van der Waals surface area contributed by atoms with Gasteiger partial charge in [0.2, 0.25) is 0 Å². The van der Waals surface area contributed by atoms with E-state index in [1.54, 1.807) is 6.92 Å². The molecular formula is C16H17NO2. The number of benzene rings is 1. The van der Waals surface area contributed by atoms with E-state index in [1.165, 1.54) is 0 Å². The van der Waals surface area contributed by atoms with Gasteiger partial charge in [-0.15, -0.1) is 0 Å². The van der Waals surface area contributed by atoms with Crippen LogP contribution in [0.25, 0.3) is 11.3 Å². The van der Waals surface area contributed by atoms with Crippen molar-refractivity contribution in [2.24, 2.45) is 0 Å². The minimum atomic E-state index is -0.863. The molecule has 0 amide bonds. The zero-order valence-electron chi connectivity index (χ0n) is 11.1. The Bertz CT molecular complexity index is 609. The Kier molecular flexibility index (Phi) is 3.85. The van der Waals surface area contributed by atoms with Crippen molar-refractivity contribution < 1.29 is 9.90 Å². The maximum atomic E-state index is 11.2. The normalized spacial score (nSPS) is 12.1. The Morgan fingerprint density at radius 3 is 2.42 bits per heavy atom. The summed E-state index contributed by atoms with van der Waals surface area (Å²) < 4.78 is 2.02. The third-order valence-corrected chi connectivity index (χ3v) is 3.22. The van der Waals surface area contributed by atoms with Crippen LogP contribution in [-0.2, 0) is 4.79 Å². The van der Waals surface area contributed by atoms with Gasteiger partial charge >= 0.3 is 5.97 Å². The number of allylic oxidation sites excluding steroid dienone is 1. The Morgan fingerprint density at radius 1 is 1.16 bits per heavy atom. The lowest BCUT2D eigenvalue weighted by atomic mass is 10.0. The maximum Gasteiger partial charge on any atom is 0.331 e. The average molecular weight is 255 g/mol. The van der Waals surface area contributed by atoms with E-state index in [1.807, 2.05) is 60.2 Å². The first-order chi connectivity index (χ1) is 9.15. The summed E-state index contributed by atoms with van der Waals surface area (Å²) in [6, 6.07) is 13.8. The molecule has 1 aromatic heterocycles. The van der Waals surface area contributed by atoms with Crippen LogP contribution in [0.3, 0.4) is 0 Å². The van der Waals surface area contributed by atoms with Crippen molar-refractivity contribution in [3.05, 3.63) is 59.9 Å². The minimum absolute atomic E-state index is 0.401. The third-order valence-electron chi connectivity index (χ3n) is 3.22. The zero-order chi connectivity index (χ0) is 13.8. The van der Waals surface area contributed by atoms with Gasteiger partial charge in [0.25, 0.3) is 0 Å². The van der Waals surface area contributed by atoms with Gasteiger partial charge < -0.3 is 9.67 Å². The van der Waals surface area contributed by atoms with Crippen LogP contribution in [0.2, 0.25) is 0 Å². The van der Waals surface area contributed by atoms with Crippen molar-refractivity contribution in [3.8, 4) is 5.69 Å². The Labute approximate surface area is 112 Å². The van der Waals surface area contributed by atoms with Gasteiger partial charge in [-0.2, -0.15) is 0 Å². The molecule has 1 N–H and O–H groups in total. The molecule has 3 heteroatoms. The standard InChI is InChI=1S/C16H17NO2/c1-3-14(12(2)16(18)19)15-10-7-11-17(15)13-8-5-4-6-9-13/h4-11H,3H2,1-2H3,(H,18,19)/b14-12-. The third kappa shape index (κ3) is 2.60. The SMILES string of the molecule is CC/C(=C(\C)C(=O)O)c1cccn1-c1ccccc1. The molecule has 0 unspecified atom stereocenters. The fourth-order valence-electron chi connectivity index (χ4n) is 2.21. The lowest BCUT2D eigenvalue weighted by molar-refractivity contribution is -0.132. The Morgan fingerprint density at radius 2 is 1.84 bits per heavy atom. The topological polar surface area (TPSA) is 42.2 Å². The molecule has 1 aromatic carbocycles. The van der Waals surface area contributed by atoms with Crippen molar-refractivity contribution in [2.75, 3.05) is 0 Å². The molecule has 2 aromatic rings. The van der Waals surface area contributed by atoms with Crippen LogP contribution in [0.1, 0.15) is 26.0 Å². The van der Waals surface area contributed by atoms with Gasteiger partial charge in [0.15, 0.2) is 0 Å². The van der Waals surface area contributed by atoms with Crippen LogP contribution in [0.5, 0.6) is 0 Å². The van der Waals surface area contributed by atoms with E-state index >= 15 is 0 Å². The quantitative estimate of drug-likeness (QED) is 0.845. The second-order valence-electron chi connectivity index (χ2n) is 4.36. The summed E-state index contributed by atoms with van der Waals surface area (Å²) in [5.74, 6) is -0.863. The van der Waals surface area contributed by atoms with Gasteiger partial charge in [0.05, 0.1) is 0 Å². The first-order valence-electron chi connectivity index (χ1n) is 6.31. The monoisotopic (exact) mass is 255 g/mol. The number of hydrogen-bond acceptors (Lipinski definition) is 1. The highest BCUT2D eigenvalue weighted by molar-refractivity contribution is 5.95. The number of carbonyl (C=O) groups is 1. The molecule has 98 valence electrons. The van der Waals surface area contributed by atoms with Crippen molar-refractivity contribution in [1.29, 1.82) is 0 Å². The van der Waals surface area contributed by atoms with E-state index < -0.39 is 5.97 Å². The van der Waals surface area contributed by atoms with Crippen LogP contribution < -0.4 is 0 Å².